The summed E-state index contributed by atoms with van der Waals surface area (Å²) in [5, 5.41) is 4.86. The molecule has 0 amide bonds. The Morgan fingerprint density at radius 2 is 2.03 bits per heavy atom. The number of benzene rings is 1. The molecule has 2 aromatic heterocycles. The van der Waals surface area contributed by atoms with Gasteiger partial charge in [-0.05, 0) is 23.8 Å². The second kappa shape index (κ2) is 6.99. The Bertz CT molecular complexity index is 1010. The van der Waals surface area contributed by atoms with Gasteiger partial charge in [0.1, 0.15) is 10.5 Å². The molecule has 0 aliphatic carbocycles. The van der Waals surface area contributed by atoms with Crippen LogP contribution in [-0.4, -0.2) is 44.6 Å². The average Bonchev–Trinajstić information content (AvgIpc) is 3.31. The van der Waals surface area contributed by atoms with E-state index in [2.05, 4.69) is 65.2 Å². The number of hydrogen-bond acceptors (Lipinski definition) is 6. The molecule has 4 heterocycles. The molecule has 6 nitrogen and oxygen atoms in total. The number of fused-ring (bicyclic) bond motifs is 3. The molecule has 2 atom stereocenters. The fourth-order valence-corrected chi connectivity index (χ4v) is 5.55. The lowest BCUT2D eigenvalue weighted by Crippen LogP contribution is -2.65. The summed E-state index contributed by atoms with van der Waals surface area (Å²) in [7, 11) is 0. The van der Waals surface area contributed by atoms with Gasteiger partial charge in [0, 0.05) is 30.4 Å². The second-order valence-corrected chi connectivity index (χ2v) is 10.3. The Hall–Kier alpha value is -2.12. The van der Waals surface area contributed by atoms with Crippen LogP contribution in [0.15, 0.2) is 41.7 Å². The number of piperazine rings is 1. The summed E-state index contributed by atoms with van der Waals surface area (Å²) in [4.78, 5) is 19.9. The van der Waals surface area contributed by atoms with E-state index in [-0.39, 0.29) is 11.0 Å². The fourth-order valence-electron chi connectivity index (χ4n) is 4.62. The minimum absolute atomic E-state index is 0.111. The van der Waals surface area contributed by atoms with Gasteiger partial charge < -0.3 is 15.2 Å². The molecule has 7 heteroatoms. The summed E-state index contributed by atoms with van der Waals surface area (Å²) in [5.74, 6) is 1.69. The SMILES string of the molecule is CC(C)(C)[C@]12CC[C@@H](CN(c3nc(SCc4ccccc4)c4nc[nH]c4n3)C1)N2. The van der Waals surface area contributed by atoms with E-state index in [0.717, 1.165) is 41.0 Å². The quantitative estimate of drug-likeness (QED) is 0.502. The molecule has 2 aliphatic heterocycles. The number of aromatic nitrogens is 4. The number of anilines is 1. The van der Waals surface area contributed by atoms with E-state index in [1.54, 1.807) is 18.1 Å². The van der Waals surface area contributed by atoms with E-state index in [1.165, 1.54) is 18.4 Å². The van der Waals surface area contributed by atoms with Crippen LogP contribution >= 0.6 is 11.8 Å². The van der Waals surface area contributed by atoms with Gasteiger partial charge in [-0.1, -0.05) is 62.9 Å². The summed E-state index contributed by atoms with van der Waals surface area (Å²) < 4.78 is 0. The van der Waals surface area contributed by atoms with Crippen molar-refractivity contribution >= 4 is 28.9 Å². The van der Waals surface area contributed by atoms with Crippen molar-refractivity contribution in [1.82, 2.24) is 25.3 Å². The molecule has 29 heavy (non-hydrogen) atoms. The Labute approximate surface area is 175 Å². The molecule has 5 rings (SSSR count). The summed E-state index contributed by atoms with van der Waals surface area (Å²) in [5.41, 5.74) is 3.26. The number of aromatic amines is 1. The van der Waals surface area contributed by atoms with Crippen molar-refractivity contribution in [1.29, 1.82) is 0 Å². The number of nitrogens with zero attached hydrogens (tertiary/aromatic N) is 4. The van der Waals surface area contributed by atoms with E-state index in [9.17, 15) is 0 Å². The van der Waals surface area contributed by atoms with Crippen LogP contribution in [0.1, 0.15) is 39.2 Å². The molecule has 0 unspecified atom stereocenters. The first-order chi connectivity index (χ1) is 13.9. The number of hydrogen-bond donors (Lipinski definition) is 2. The first-order valence-corrected chi connectivity index (χ1v) is 11.3. The standard InChI is InChI=1S/C22H28N6S/c1-21(2,3)22-10-9-16(27-22)11-28(13-22)20-25-18-17(23-14-24-18)19(26-20)29-12-15-7-5-4-6-8-15/h4-8,14,16,27H,9-13H2,1-3H3,(H,23,24,25,26)/t16-,22-/m0/s1. The molecule has 0 radical (unpaired) electrons. The number of imidazole rings is 1. The van der Waals surface area contributed by atoms with Crippen LogP contribution in [0.4, 0.5) is 5.95 Å². The van der Waals surface area contributed by atoms with Crippen LogP contribution in [0.3, 0.4) is 0 Å². The van der Waals surface area contributed by atoms with Gasteiger partial charge in [-0.2, -0.15) is 4.98 Å². The fraction of sp³-hybridized carbons (Fsp3) is 0.500. The number of H-pyrrole nitrogens is 1. The summed E-state index contributed by atoms with van der Waals surface area (Å²) in [6.07, 6.45) is 4.14. The van der Waals surface area contributed by atoms with Crippen molar-refractivity contribution in [2.24, 2.45) is 5.41 Å². The zero-order valence-electron chi connectivity index (χ0n) is 17.3. The van der Waals surface area contributed by atoms with E-state index >= 15 is 0 Å². The Morgan fingerprint density at radius 1 is 1.21 bits per heavy atom. The summed E-state index contributed by atoms with van der Waals surface area (Å²) in [6.45, 7) is 8.92. The van der Waals surface area contributed by atoms with Gasteiger partial charge >= 0.3 is 0 Å². The molecule has 3 aromatic rings. The van der Waals surface area contributed by atoms with Crippen molar-refractivity contribution in [2.45, 2.75) is 56.0 Å². The number of nitrogens with one attached hydrogen (secondary N) is 2. The highest BCUT2D eigenvalue weighted by molar-refractivity contribution is 7.98. The highest BCUT2D eigenvalue weighted by atomic mass is 32.2. The molecule has 152 valence electrons. The summed E-state index contributed by atoms with van der Waals surface area (Å²) in [6, 6.07) is 11.0. The third-order valence-electron chi connectivity index (χ3n) is 6.47. The molecule has 2 fully saturated rings. The van der Waals surface area contributed by atoms with Crippen LogP contribution in [0.5, 0.6) is 0 Å². The zero-order valence-corrected chi connectivity index (χ0v) is 18.1. The maximum absolute atomic E-state index is 4.99. The molecule has 1 aromatic carbocycles. The average molecular weight is 409 g/mol. The normalized spacial score (nSPS) is 24.4. The molecule has 0 spiro atoms. The minimum Gasteiger partial charge on any atom is -0.337 e. The monoisotopic (exact) mass is 408 g/mol. The van der Waals surface area contributed by atoms with Gasteiger partial charge in [0.15, 0.2) is 5.65 Å². The van der Waals surface area contributed by atoms with E-state index in [0.29, 0.717) is 6.04 Å². The maximum Gasteiger partial charge on any atom is 0.228 e. The lowest BCUT2D eigenvalue weighted by molar-refractivity contribution is 0.145. The van der Waals surface area contributed by atoms with Crippen molar-refractivity contribution < 1.29 is 0 Å². The molecule has 0 saturated carbocycles. The van der Waals surface area contributed by atoms with Gasteiger partial charge in [0.25, 0.3) is 0 Å². The number of rotatable bonds is 4. The summed E-state index contributed by atoms with van der Waals surface area (Å²) >= 11 is 1.73. The van der Waals surface area contributed by atoms with Crippen LogP contribution in [0, 0.1) is 5.41 Å². The van der Waals surface area contributed by atoms with Crippen molar-refractivity contribution in [3.05, 3.63) is 42.2 Å². The maximum atomic E-state index is 4.99. The van der Waals surface area contributed by atoms with Gasteiger partial charge in [-0.15, -0.1) is 0 Å². The van der Waals surface area contributed by atoms with E-state index < -0.39 is 0 Å². The third kappa shape index (κ3) is 3.40. The van der Waals surface area contributed by atoms with E-state index in [1.807, 2.05) is 6.07 Å². The largest absolute Gasteiger partial charge is 0.337 e. The molecule has 2 N–H and O–H groups in total. The van der Waals surface area contributed by atoms with Gasteiger partial charge in [0.05, 0.1) is 6.33 Å². The Balaban J connectivity index is 1.46. The Kier molecular flexibility index (Phi) is 4.55. The van der Waals surface area contributed by atoms with Crippen molar-refractivity contribution in [3.63, 3.8) is 0 Å². The van der Waals surface area contributed by atoms with Crippen molar-refractivity contribution in [2.75, 3.05) is 18.0 Å². The molecular weight excluding hydrogens is 380 g/mol. The van der Waals surface area contributed by atoms with Crippen LogP contribution in [0.25, 0.3) is 11.2 Å². The van der Waals surface area contributed by atoms with Gasteiger partial charge in [-0.25, -0.2) is 9.97 Å². The topological polar surface area (TPSA) is 69.7 Å². The predicted octanol–water partition coefficient (Wildman–Crippen LogP) is 4.00. The predicted molar refractivity (Wildman–Crippen MR) is 118 cm³/mol. The van der Waals surface area contributed by atoms with Crippen LogP contribution in [0.2, 0.25) is 0 Å². The highest BCUT2D eigenvalue weighted by Crippen LogP contribution is 2.43. The molecular formula is C22H28N6S. The van der Waals surface area contributed by atoms with E-state index in [4.69, 9.17) is 9.97 Å². The highest BCUT2D eigenvalue weighted by Gasteiger charge is 2.51. The third-order valence-corrected chi connectivity index (χ3v) is 7.51. The molecule has 2 saturated heterocycles. The van der Waals surface area contributed by atoms with Gasteiger partial charge in [0.2, 0.25) is 5.95 Å². The van der Waals surface area contributed by atoms with Crippen LogP contribution in [-0.2, 0) is 5.75 Å². The van der Waals surface area contributed by atoms with Crippen LogP contribution < -0.4 is 10.2 Å². The first-order valence-electron chi connectivity index (χ1n) is 10.3. The molecule has 2 bridgehead atoms. The van der Waals surface area contributed by atoms with Gasteiger partial charge in [-0.3, -0.25) is 0 Å². The molecule has 2 aliphatic rings. The second-order valence-electron chi connectivity index (χ2n) is 9.30. The zero-order chi connectivity index (χ0) is 20.1. The Morgan fingerprint density at radius 3 is 2.83 bits per heavy atom. The first kappa shape index (κ1) is 18.9. The lowest BCUT2D eigenvalue weighted by Gasteiger charge is -2.49. The smallest absolute Gasteiger partial charge is 0.228 e. The minimum atomic E-state index is 0.111. The lowest BCUT2D eigenvalue weighted by atomic mass is 9.72. The number of thioether (sulfide) groups is 1. The van der Waals surface area contributed by atoms with Crippen molar-refractivity contribution in [3.8, 4) is 0 Å².